The highest BCUT2D eigenvalue weighted by molar-refractivity contribution is 5.78. The van der Waals surface area contributed by atoms with E-state index in [4.69, 9.17) is 9.84 Å². The number of carbonyl (C=O) groups is 2. The summed E-state index contributed by atoms with van der Waals surface area (Å²) in [7, 11) is 0. The van der Waals surface area contributed by atoms with Crippen molar-refractivity contribution in [2.45, 2.75) is 39.0 Å². The maximum Gasteiger partial charge on any atom is 0.305 e. The van der Waals surface area contributed by atoms with Crippen LogP contribution in [0.25, 0.3) is 0 Å². The normalized spacial score (nSPS) is 19.2. The fourth-order valence-corrected chi connectivity index (χ4v) is 2.67. The Morgan fingerprint density at radius 3 is 2.95 bits per heavy atom. The predicted octanol–water partition coefficient (Wildman–Crippen LogP) is 0.540. The molecular formula is C15H28N2O4. The van der Waals surface area contributed by atoms with Gasteiger partial charge in [-0.2, -0.15) is 0 Å². The van der Waals surface area contributed by atoms with E-state index in [1.807, 2.05) is 0 Å². The Morgan fingerprint density at radius 2 is 2.24 bits per heavy atom. The highest BCUT2D eigenvalue weighted by Gasteiger charge is 2.20. The highest BCUT2D eigenvalue weighted by atomic mass is 16.5. The smallest absolute Gasteiger partial charge is 0.305 e. The van der Waals surface area contributed by atoms with Crippen LogP contribution >= 0.6 is 0 Å². The van der Waals surface area contributed by atoms with Crippen LogP contribution in [0.4, 0.5) is 0 Å². The van der Waals surface area contributed by atoms with Crippen molar-refractivity contribution in [1.29, 1.82) is 0 Å². The van der Waals surface area contributed by atoms with E-state index in [0.29, 0.717) is 38.5 Å². The van der Waals surface area contributed by atoms with Crippen LogP contribution in [-0.2, 0) is 14.3 Å². The van der Waals surface area contributed by atoms with Gasteiger partial charge in [-0.05, 0) is 45.1 Å². The van der Waals surface area contributed by atoms with Gasteiger partial charge in [-0.1, -0.05) is 0 Å². The van der Waals surface area contributed by atoms with Crippen LogP contribution in [0.5, 0.6) is 0 Å². The van der Waals surface area contributed by atoms with Crippen molar-refractivity contribution in [2.75, 3.05) is 39.4 Å². The summed E-state index contributed by atoms with van der Waals surface area (Å²) in [4.78, 5) is 25.1. The molecule has 1 heterocycles. The lowest BCUT2D eigenvalue weighted by Gasteiger charge is -2.31. The molecule has 1 aliphatic heterocycles. The van der Waals surface area contributed by atoms with Crippen LogP contribution in [0.2, 0.25) is 0 Å². The highest BCUT2D eigenvalue weighted by Crippen LogP contribution is 2.18. The van der Waals surface area contributed by atoms with Gasteiger partial charge in [-0.3, -0.25) is 14.5 Å². The zero-order valence-corrected chi connectivity index (χ0v) is 13.0. The third-order valence-corrected chi connectivity index (χ3v) is 3.69. The van der Waals surface area contributed by atoms with Crippen LogP contribution < -0.4 is 5.32 Å². The number of aliphatic hydroxyl groups is 1. The molecule has 21 heavy (non-hydrogen) atoms. The molecule has 0 aliphatic carbocycles. The summed E-state index contributed by atoms with van der Waals surface area (Å²) in [6.45, 7) is 5.14. The number of likely N-dealkylation sites (tertiary alicyclic amines) is 1. The number of piperidine rings is 1. The second-order valence-corrected chi connectivity index (χ2v) is 5.51. The maximum absolute atomic E-state index is 11.8. The van der Waals surface area contributed by atoms with Gasteiger partial charge < -0.3 is 15.2 Å². The lowest BCUT2D eigenvalue weighted by atomic mass is 9.95. The first-order valence-corrected chi connectivity index (χ1v) is 7.91. The first-order chi connectivity index (χ1) is 10.2. The molecule has 0 bridgehead atoms. The molecular weight excluding hydrogens is 272 g/mol. The van der Waals surface area contributed by atoms with Crippen molar-refractivity contribution in [1.82, 2.24) is 10.2 Å². The zero-order valence-electron chi connectivity index (χ0n) is 13.0. The Balaban J connectivity index is 2.11. The summed E-state index contributed by atoms with van der Waals surface area (Å²) >= 11 is 0. The van der Waals surface area contributed by atoms with Crippen molar-refractivity contribution < 1.29 is 19.4 Å². The van der Waals surface area contributed by atoms with E-state index in [0.717, 1.165) is 32.4 Å². The molecule has 1 rings (SSSR count). The fourth-order valence-electron chi connectivity index (χ4n) is 2.67. The molecule has 1 amide bonds. The molecule has 1 unspecified atom stereocenters. The molecule has 122 valence electrons. The molecule has 1 aliphatic rings. The quantitative estimate of drug-likeness (QED) is 0.480. The van der Waals surface area contributed by atoms with Crippen molar-refractivity contribution in [3.8, 4) is 0 Å². The third kappa shape index (κ3) is 8.02. The lowest BCUT2D eigenvalue weighted by Crippen LogP contribution is -2.42. The van der Waals surface area contributed by atoms with Gasteiger partial charge in [0.1, 0.15) is 0 Å². The molecule has 0 aromatic carbocycles. The molecule has 2 N–H and O–H groups in total. The van der Waals surface area contributed by atoms with Gasteiger partial charge in [-0.15, -0.1) is 0 Å². The number of hydrogen-bond donors (Lipinski definition) is 2. The average molecular weight is 300 g/mol. The number of rotatable bonds is 9. The second kappa shape index (κ2) is 10.6. The Hall–Kier alpha value is -1.14. The fraction of sp³-hybridized carbons (Fsp3) is 0.867. The third-order valence-electron chi connectivity index (χ3n) is 3.69. The molecule has 6 heteroatoms. The topological polar surface area (TPSA) is 78.9 Å². The minimum absolute atomic E-state index is 0.00325. The van der Waals surface area contributed by atoms with Gasteiger partial charge >= 0.3 is 5.97 Å². The largest absolute Gasteiger partial charge is 0.466 e. The van der Waals surface area contributed by atoms with Gasteiger partial charge in [0.05, 0.1) is 13.2 Å². The summed E-state index contributed by atoms with van der Waals surface area (Å²) in [5.41, 5.74) is 0. The number of aliphatic hydroxyl groups excluding tert-OH is 1. The number of esters is 1. The molecule has 0 saturated carbocycles. The molecule has 6 nitrogen and oxygen atoms in total. The first kappa shape index (κ1) is 17.9. The number of ether oxygens (including phenoxy) is 1. The van der Waals surface area contributed by atoms with Crippen LogP contribution in [0.1, 0.15) is 39.0 Å². The Kier molecular flexibility index (Phi) is 9.01. The maximum atomic E-state index is 11.8. The van der Waals surface area contributed by atoms with Crippen LogP contribution in [0.3, 0.4) is 0 Å². The van der Waals surface area contributed by atoms with E-state index in [9.17, 15) is 9.59 Å². The number of carbonyl (C=O) groups excluding carboxylic acids is 2. The number of nitrogens with one attached hydrogen (secondary N) is 1. The van der Waals surface area contributed by atoms with Crippen LogP contribution in [0, 0.1) is 5.92 Å². The van der Waals surface area contributed by atoms with E-state index in [2.05, 4.69) is 10.2 Å². The number of nitrogens with zero attached hydrogens (tertiary/aromatic N) is 1. The molecule has 1 atom stereocenters. The van der Waals surface area contributed by atoms with Crippen molar-refractivity contribution in [2.24, 2.45) is 5.92 Å². The van der Waals surface area contributed by atoms with Crippen molar-refractivity contribution >= 4 is 11.9 Å². The van der Waals surface area contributed by atoms with Gasteiger partial charge in [0.15, 0.2) is 0 Å². The minimum Gasteiger partial charge on any atom is -0.466 e. The summed E-state index contributed by atoms with van der Waals surface area (Å²) in [6, 6.07) is 0. The van der Waals surface area contributed by atoms with Crippen molar-refractivity contribution in [3.63, 3.8) is 0 Å². The summed E-state index contributed by atoms with van der Waals surface area (Å²) in [6.07, 6.45) is 3.99. The van der Waals surface area contributed by atoms with Crippen molar-refractivity contribution in [3.05, 3.63) is 0 Å². The minimum atomic E-state index is -0.213. The van der Waals surface area contributed by atoms with E-state index in [1.165, 1.54) is 0 Å². The van der Waals surface area contributed by atoms with Gasteiger partial charge in [0.2, 0.25) is 5.91 Å². The van der Waals surface area contributed by atoms with E-state index in [-0.39, 0.29) is 18.5 Å². The summed E-state index contributed by atoms with van der Waals surface area (Å²) in [5.74, 6) is 0.290. The number of amides is 1. The van der Waals surface area contributed by atoms with Gasteiger partial charge in [-0.25, -0.2) is 0 Å². The molecule has 0 spiro atoms. The summed E-state index contributed by atoms with van der Waals surface area (Å²) in [5, 5.41) is 11.8. The van der Waals surface area contributed by atoms with Gasteiger partial charge in [0.25, 0.3) is 0 Å². The standard InChI is InChI=1S/C15H28N2O4/c1-2-21-15(20)6-3-8-16-14(19)12-17-9-4-5-13(11-17)7-10-18/h13,18H,2-12H2,1H3,(H,16,19). The predicted molar refractivity (Wildman–Crippen MR) is 79.7 cm³/mol. The molecule has 1 fully saturated rings. The Labute approximate surface area is 126 Å². The molecule has 0 aromatic heterocycles. The van der Waals surface area contributed by atoms with E-state index >= 15 is 0 Å². The molecule has 0 aromatic rings. The SMILES string of the molecule is CCOC(=O)CCCNC(=O)CN1CCCC(CCO)C1. The van der Waals surface area contributed by atoms with Gasteiger partial charge in [0, 0.05) is 26.1 Å². The Morgan fingerprint density at radius 1 is 1.43 bits per heavy atom. The second-order valence-electron chi connectivity index (χ2n) is 5.51. The van der Waals surface area contributed by atoms with E-state index in [1.54, 1.807) is 6.92 Å². The molecule has 0 radical (unpaired) electrons. The number of hydrogen-bond acceptors (Lipinski definition) is 5. The summed E-state index contributed by atoms with van der Waals surface area (Å²) < 4.78 is 4.82. The van der Waals surface area contributed by atoms with Crippen LogP contribution in [0.15, 0.2) is 0 Å². The molecule has 1 saturated heterocycles. The zero-order chi connectivity index (χ0) is 15.5. The lowest BCUT2D eigenvalue weighted by molar-refractivity contribution is -0.143. The monoisotopic (exact) mass is 300 g/mol. The van der Waals surface area contributed by atoms with E-state index < -0.39 is 0 Å². The Bertz CT molecular complexity index is 321. The average Bonchev–Trinajstić information content (AvgIpc) is 2.45. The first-order valence-electron chi connectivity index (χ1n) is 7.91. The van der Waals surface area contributed by atoms with Crippen LogP contribution in [-0.4, -0.2) is 61.3 Å².